The van der Waals surface area contributed by atoms with Gasteiger partial charge in [0.05, 0.1) is 0 Å². The van der Waals surface area contributed by atoms with Crippen molar-refractivity contribution < 1.29 is 0 Å². The number of hydrogen-bond acceptors (Lipinski definition) is 2. The van der Waals surface area contributed by atoms with Crippen molar-refractivity contribution in [2.24, 2.45) is 5.92 Å². The zero-order valence-electron chi connectivity index (χ0n) is 7.81. The molecule has 2 rings (SSSR count). The van der Waals surface area contributed by atoms with Crippen molar-refractivity contribution in [3.8, 4) is 0 Å². The molecule has 2 heteroatoms. The highest BCUT2D eigenvalue weighted by atomic mass is 15.0. The third-order valence-corrected chi connectivity index (χ3v) is 3.27. The molecule has 1 unspecified atom stereocenters. The fraction of sp³-hybridized carbons (Fsp3) is 1.00. The molecule has 0 aromatic carbocycles. The van der Waals surface area contributed by atoms with Crippen molar-refractivity contribution in [1.82, 2.24) is 10.6 Å². The highest BCUT2D eigenvalue weighted by Gasteiger charge is 2.18. The summed E-state index contributed by atoms with van der Waals surface area (Å²) in [7, 11) is 0. The Bertz CT molecular complexity index is 126. The van der Waals surface area contributed by atoms with E-state index in [-0.39, 0.29) is 0 Å². The summed E-state index contributed by atoms with van der Waals surface area (Å²) in [5.74, 6) is 1.06. The third kappa shape index (κ3) is 2.20. The van der Waals surface area contributed by atoms with Crippen LogP contribution in [-0.2, 0) is 0 Å². The van der Waals surface area contributed by atoms with Crippen LogP contribution >= 0.6 is 0 Å². The molecular weight excluding hydrogens is 148 g/mol. The molecule has 1 aliphatic carbocycles. The van der Waals surface area contributed by atoms with E-state index in [1.54, 1.807) is 0 Å². The Morgan fingerprint density at radius 2 is 2.17 bits per heavy atom. The highest BCUT2D eigenvalue weighted by Crippen LogP contribution is 2.28. The Morgan fingerprint density at radius 1 is 1.25 bits per heavy atom. The molecule has 0 aromatic heterocycles. The van der Waals surface area contributed by atoms with Crippen LogP contribution in [0.25, 0.3) is 0 Å². The van der Waals surface area contributed by atoms with Gasteiger partial charge in [0, 0.05) is 12.6 Å². The average Bonchev–Trinajstić information content (AvgIpc) is 2.46. The summed E-state index contributed by atoms with van der Waals surface area (Å²) in [4.78, 5) is 0. The summed E-state index contributed by atoms with van der Waals surface area (Å²) in [5, 5.41) is 6.99. The van der Waals surface area contributed by atoms with Crippen molar-refractivity contribution in [3.63, 3.8) is 0 Å². The Balaban J connectivity index is 1.49. The van der Waals surface area contributed by atoms with Crippen LogP contribution in [0, 0.1) is 5.92 Å². The molecular formula is C10H20N2. The van der Waals surface area contributed by atoms with Crippen molar-refractivity contribution in [2.45, 2.75) is 38.1 Å². The smallest absolute Gasteiger partial charge is 0.0204 e. The van der Waals surface area contributed by atoms with Gasteiger partial charge in [-0.1, -0.05) is 19.3 Å². The normalized spacial score (nSPS) is 30.5. The SMILES string of the molecule is C1CC(CCNC2CCNC2)C1. The number of nitrogens with one attached hydrogen (secondary N) is 2. The van der Waals surface area contributed by atoms with Crippen LogP contribution in [0.1, 0.15) is 32.1 Å². The van der Waals surface area contributed by atoms with E-state index in [0.717, 1.165) is 12.0 Å². The molecule has 1 saturated heterocycles. The van der Waals surface area contributed by atoms with E-state index in [1.807, 2.05) is 0 Å². The molecule has 70 valence electrons. The van der Waals surface area contributed by atoms with Crippen molar-refractivity contribution in [1.29, 1.82) is 0 Å². The molecule has 0 amide bonds. The molecule has 2 aliphatic rings. The molecule has 0 aromatic rings. The van der Waals surface area contributed by atoms with Crippen LogP contribution in [0.2, 0.25) is 0 Å². The zero-order chi connectivity index (χ0) is 8.23. The van der Waals surface area contributed by atoms with Crippen LogP contribution in [0.5, 0.6) is 0 Å². The molecule has 1 saturated carbocycles. The van der Waals surface area contributed by atoms with Gasteiger partial charge in [0.2, 0.25) is 0 Å². The second-order valence-electron chi connectivity index (χ2n) is 4.23. The summed E-state index contributed by atoms with van der Waals surface area (Å²) in [6.45, 7) is 3.64. The van der Waals surface area contributed by atoms with Crippen LogP contribution in [0.4, 0.5) is 0 Å². The van der Waals surface area contributed by atoms with Gasteiger partial charge in [-0.3, -0.25) is 0 Å². The first-order chi connectivity index (χ1) is 5.95. The van der Waals surface area contributed by atoms with Gasteiger partial charge in [0.15, 0.2) is 0 Å². The predicted octanol–water partition coefficient (Wildman–Crippen LogP) is 1.13. The fourth-order valence-corrected chi connectivity index (χ4v) is 2.10. The lowest BCUT2D eigenvalue weighted by molar-refractivity contribution is 0.288. The second kappa shape index (κ2) is 4.24. The third-order valence-electron chi connectivity index (χ3n) is 3.27. The minimum absolute atomic E-state index is 0.769. The molecule has 1 atom stereocenters. The van der Waals surface area contributed by atoms with E-state index >= 15 is 0 Å². The molecule has 0 spiro atoms. The van der Waals surface area contributed by atoms with E-state index in [4.69, 9.17) is 0 Å². The first-order valence-electron chi connectivity index (χ1n) is 5.39. The van der Waals surface area contributed by atoms with Crippen LogP contribution in [0.3, 0.4) is 0 Å². The molecule has 1 aliphatic heterocycles. The summed E-state index contributed by atoms with van der Waals surface area (Å²) in [6.07, 6.45) is 7.20. The van der Waals surface area contributed by atoms with Crippen molar-refractivity contribution in [3.05, 3.63) is 0 Å². The van der Waals surface area contributed by atoms with E-state index in [2.05, 4.69) is 10.6 Å². The standard InChI is InChI=1S/C10H20N2/c1-2-9(3-1)4-7-12-10-5-6-11-8-10/h9-12H,1-8H2. The first-order valence-corrected chi connectivity index (χ1v) is 5.39. The zero-order valence-corrected chi connectivity index (χ0v) is 7.81. The van der Waals surface area contributed by atoms with Gasteiger partial charge in [-0.2, -0.15) is 0 Å². The first kappa shape index (κ1) is 8.52. The maximum atomic E-state index is 3.62. The van der Waals surface area contributed by atoms with Crippen molar-refractivity contribution >= 4 is 0 Å². The Labute approximate surface area is 75.1 Å². The molecule has 2 fully saturated rings. The summed E-state index contributed by atoms with van der Waals surface area (Å²) >= 11 is 0. The van der Waals surface area contributed by atoms with Gasteiger partial charge in [-0.15, -0.1) is 0 Å². The topological polar surface area (TPSA) is 24.1 Å². The van der Waals surface area contributed by atoms with Crippen molar-refractivity contribution in [2.75, 3.05) is 19.6 Å². The van der Waals surface area contributed by atoms with Gasteiger partial charge in [-0.25, -0.2) is 0 Å². The van der Waals surface area contributed by atoms with Crippen LogP contribution < -0.4 is 10.6 Å². The molecule has 0 radical (unpaired) electrons. The largest absolute Gasteiger partial charge is 0.315 e. The number of rotatable bonds is 4. The van der Waals surface area contributed by atoms with Gasteiger partial charge in [0.1, 0.15) is 0 Å². The minimum atomic E-state index is 0.769. The van der Waals surface area contributed by atoms with Gasteiger partial charge in [0.25, 0.3) is 0 Å². The van der Waals surface area contributed by atoms with E-state index in [1.165, 1.54) is 51.7 Å². The molecule has 0 bridgehead atoms. The maximum absolute atomic E-state index is 3.62. The predicted molar refractivity (Wildman–Crippen MR) is 51.2 cm³/mol. The molecule has 12 heavy (non-hydrogen) atoms. The Morgan fingerprint density at radius 3 is 2.75 bits per heavy atom. The highest BCUT2D eigenvalue weighted by molar-refractivity contribution is 4.78. The lowest BCUT2D eigenvalue weighted by Gasteiger charge is -2.25. The minimum Gasteiger partial charge on any atom is -0.315 e. The Kier molecular flexibility index (Phi) is 3.01. The number of hydrogen-bond donors (Lipinski definition) is 2. The van der Waals surface area contributed by atoms with Gasteiger partial charge >= 0.3 is 0 Å². The average molecular weight is 168 g/mol. The van der Waals surface area contributed by atoms with E-state index < -0.39 is 0 Å². The van der Waals surface area contributed by atoms with E-state index in [0.29, 0.717) is 0 Å². The summed E-state index contributed by atoms with van der Waals surface area (Å²) in [5.41, 5.74) is 0. The maximum Gasteiger partial charge on any atom is 0.0204 e. The quantitative estimate of drug-likeness (QED) is 0.657. The molecule has 2 nitrogen and oxygen atoms in total. The molecule has 2 N–H and O–H groups in total. The van der Waals surface area contributed by atoms with E-state index in [9.17, 15) is 0 Å². The summed E-state index contributed by atoms with van der Waals surface area (Å²) in [6, 6.07) is 0.769. The molecule has 1 heterocycles. The summed E-state index contributed by atoms with van der Waals surface area (Å²) < 4.78 is 0. The van der Waals surface area contributed by atoms with Crippen LogP contribution in [-0.4, -0.2) is 25.7 Å². The second-order valence-corrected chi connectivity index (χ2v) is 4.23. The lowest BCUT2D eigenvalue weighted by atomic mass is 9.83. The monoisotopic (exact) mass is 168 g/mol. The van der Waals surface area contributed by atoms with Crippen LogP contribution in [0.15, 0.2) is 0 Å². The fourth-order valence-electron chi connectivity index (χ4n) is 2.10. The van der Waals surface area contributed by atoms with Gasteiger partial charge < -0.3 is 10.6 Å². The lowest BCUT2D eigenvalue weighted by Crippen LogP contribution is -2.33. The van der Waals surface area contributed by atoms with Gasteiger partial charge in [-0.05, 0) is 31.8 Å². The Hall–Kier alpha value is -0.0800.